The van der Waals surface area contributed by atoms with E-state index in [1.807, 2.05) is 0 Å². The van der Waals surface area contributed by atoms with Crippen LogP contribution in [-0.4, -0.2) is 9.97 Å². The van der Waals surface area contributed by atoms with Crippen molar-refractivity contribution in [3.63, 3.8) is 0 Å². The van der Waals surface area contributed by atoms with Gasteiger partial charge in [-0.15, -0.1) is 0 Å². The fourth-order valence-electron chi connectivity index (χ4n) is 0.497. The van der Waals surface area contributed by atoms with Crippen LogP contribution in [0.15, 0.2) is 16.9 Å². The smallest absolute Gasteiger partial charge is 0.131 e. The standard InChI is InChI=1S/C8H11BrN2/c1-3-6(2)8-10-4-7(9)5-11-8/h4-6H,3H2,1-2H3/i1D3,2D3,3D2,6D. The second-order valence-electron chi connectivity index (χ2n) is 1.72. The Labute approximate surface area is 87.8 Å². The van der Waals surface area contributed by atoms with E-state index < -0.39 is 31.8 Å². The molecule has 0 aliphatic rings. The normalized spacial score (nSPS) is 31.5. The average Bonchev–Trinajstić information content (AvgIpc) is 2.25. The number of hydrogen-bond donors (Lipinski definition) is 0. The predicted octanol–water partition coefficient (Wildman–Crippen LogP) is 2.75. The SMILES string of the molecule is [2H]C([2H])([2H])C([2H])([2H])C([2H])(c1ncc(Br)cn1)C([2H])([2H])[2H]. The molecule has 1 heterocycles. The van der Waals surface area contributed by atoms with Crippen LogP contribution in [0.4, 0.5) is 0 Å². The lowest BCUT2D eigenvalue weighted by molar-refractivity contribution is 0.677. The van der Waals surface area contributed by atoms with Crippen molar-refractivity contribution in [1.29, 1.82) is 0 Å². The van der Waals surface area contributed by atoms with Crippen molar-refractivity contribution in [2.75, 3.05) is 0 Å². The van der Waals surface area contributed by atoms with Gasteiger partial charge >= 0.3 is 0 Å². The minimum absolute atomic E-state index is 0.392. The molecule has 0 N–H and O–H groups in total. The third-order valence-corrected chi connectivity index (χ3v) is 1.38. The van der Waals surface area contributed by atoms with Crippen LogP contribution in [0.1, 0.15) is 44.1 Å². The van der Waals surface area contributed by atoms with Crippen LogP contribution in [0, 0.1) is 0 Å². The van der Waals surface area contributed by atoms with Crippen LogP contribution in [0.3, 0.4) is 0 Å². The Morgan fingerprint density at radius 3 is 3.09 bits per heavy atom. The molecule has 0 aliphatic carbocycles. The molecule has 0 spiro atoms. The quantitative estimate of drug-likeness (QED) is 0.771. The highest BCUT2D eigenvalue weighted by atomic mass is 79.9. The molecule has 0 aromatic carbocycles. The summed E-state index contributed by atoms with van der Waals surface area (Å²) in [5.41, 5.74) is 0. The summed E-state index contributed by atoms with van der Waals surface area (Å²) in [6.07, 6.45) is -1.10. The third-order valence-electron chi connectivity index (χ3n) is 0.969. The molecule has 1 atom stereocenters. The maximum Gasteiger partial charge on any atom is 0.131 e. The van der Waals surface area contributed by atoms with Crippen LogP contribution in [0.25, 0.3) is 0 Å². The Hall–Kier alpha value is -0.440. The fraction of sp³-hybridized carbons (Fsp3) is 0.500. The van der Waals surface area contributed by atoms with E-state index in [0.29, 0.717) is 4.47 Å². The number of halogens is 1. The zero-order chi connectivity index (χ0) is 16.0. The second-order valence-corrected chi connectivity index (χ2v) is 2.64. The lowest BCUT2D eigenvalue weighted by atomic mass is 10.1. The zero-order valence-electron chi connectivity index (χ0n) is 14.4. The monoisotopic (exact) mass is 223 g/mol. The number of hydrogen-bond acceptors (Lipinski definition) is 2. The zero-order valence-corrected chi connectivity index (χ0v) is 7.01. The lowest BCUT2D eigenvalue weighted by Gasteiger charge is -2.04. The van der Waals surface area contributed by atoms with E-state index in [1.165, 1.54) is 0 Å². The van der Waals surface area contributed by atoms with Gasteiger partial charge in [-0.2, -0.15) is 0 Å². The van der Waals surface area contributed by atoms with Gasteiger partial charge in [0.25, 0.3) is 0 Å². The van der Waals surface area contributed by atoms with E-state index in [0.717, 1.165) is 12.4 Å². The summed E-state index contributed by atoms with van der Waals surface area (Å²) in [7, 11) is 0. The van der Waals surface area contributed by atoms with Crippen LogP contribution in [-0.2, 0) is 0 Å². The molecule has 0 saturated heterocycles. The van der Waals surface area contributed by atoms with Gasteiger partial charge in [-0.3, -0.25) is 0 Å². The van der Waals surface area contributed by atoms with E-state index in [2.05, 4.69) is 25.9 Å². The van der Waals surface area contributed by atoms with Crippen molar-refractivity contribution < 1.29 is 12.3 Å². The summed E-state index contributed by atoms with van der Waals surface area (Å²) in [5.74, 6) is -3.83. The molecular formula is C8H11BrN2. The number of aromatic nitrogens is 2. The molecule has 2 nitrogen and oxygen atoms in total. The van der Waals surface area contributed by atoms with Gasteiger partial charge in [0.1, 0.15) is 5.82 Å². The minimum atomic E-state index is -3.36. The van der Waals surface area contributed by atoms with E-state index in [9.17, 15) is 0 Å². The minimum Gasteiger partial charge on any atom is -0.240 e. The Morgan fingerprint density at radius 1 is 1.82 bits per heavy atom. The summed E-state index contributed by atoms with van der Waals surface area (Å²) >= 11 is 3.02. The molecular weight excluding hydrogens is 204 g/mol. The molecule has 60 valence electrons. The largest absolute Gasteiger partial charge is 0.240 e. The molecule has 0 saturated carbocycles. The van der Waals surface area contributed by atoms with Crippen LogP contribution in [0.5, 0.6) is 0 Å². The van der Waals surface area contributed by atoms with Gasteiger partial charge in [-0.05, 0) is 22.3 Å². The van der Waals surface area contributed by atoms with Gasteiger partial charge < -0.3 is 0 Å². The highest BCUT2D eigenvalue weighted by Crippen LogP contribution is 2.14. The summed E-state index contributed by atoms with van der Waals surface area (Å²) in [5, 5.41) is 0. The average molecular weight is 224 g/mol. The number of nitrogens with zero attached hydrogens (tertiary/aromatic N) is 2. The second kappa shape index (κ2) is 3.81. The molecule has 11 heavy (non-hydrogen) atoms. The van der Waals surface area contributed by atoms with Crippen molar-refractivity contribution in [3.05, 3.63) is 22.7 Å². The molecule has 1 rings (SSSR count). The Balaban J connectivity index is 3.58. The van der Waals surface area contributed by atoms with E-state index in [1.54, 1.807) is 0 Å². The van der Waals surface area contributed by atoms with E-state index in [-0.39, 0.29) is 0 Å². The first-order chi connectivity index (χ1) is 8.75. The molecule has 0 bridgehead atoms. The fourth-order valence-corrected chi connectivity index (χ4v) is 0.702. The van der Waals surface area contributed by atoms with Crippen LogP contribution in [0.2, 0.25) is 0 Å². The van der Waals surface area contributed by atoms with E-state index >= 15 is 0 Å². The van der Waals surface area contributed by atoms with Crippen molar-refractivity contribution >= 4 is 15.9 Å². The maximum absolute atomic E-state index is 8.00. The van der Waals surface area contributed by atoms with Crippen molar-refractivity contribution in [1.82, 2.24) is 9.97 Å². The number of rotatable bonds is 2. The molecule has 1 unspecified atom stereocenters. The van der Waals surface area contributed by atoms with Crippen molar-refractivity contribution in [2.24, 2.45) is 0 Å². The van der Waals surface area contributed by atoms with Gasteiger partial charge in [0.05, 0.1) is 4.47 Å². The molecule has 0 radical (unpaired) electrons. The maximum atomic E-state index is 8.00. The van der Waals surface area contributed by atoms with Crippen molar-refractivity contribution in [3.8, 4) is 0 Å². The molecule has 0 amide bonds. The highest BCUT2D eigenvalue weighted by molar-refractivity contribution is 9.10. The Bertz CT molecular complexity index is 480. The Kier molecular flexibility index (Phi) is 0.874. The van der Waals surface area contributed by atoms with Gasteiger partial charge in [-0.25, -0.2) is 9.97 Å². The van der Waals surface area contributed by atoms with Gasteiger partial charge in [0, 0.05) is 30.6 Å². The summed E-state index contributed by atoms with van der Waals surface area (Å²) in [6.45, 7) is -6.59. The predicted molar refractivity (Wildman–Crippen MR) is 48.4 cm³/mol. The lowest BCUT2D eigenvalue weighted by Crippen LogP contribution is -1.98. The molecule has 1 aromatic rings. The summed E-state index contributed by atoms with van der Waals surface area (Å²) in [4.78, 5) is 7.20. The van der Waals surface area contributed by atoms with E-state index in [4.69, 9.17) is 12.3 Å². The Morgan fingerprint density at radius 2 is 2.55 bits per heavy atom. The van der Waals surface area contributed by atoms with Gasteiger partial charge in [-0.1, -0.05) is 13.7 Å². The molecule has 3 heteroatoms. The third kappa shape index (κ3) is 2.26. The first-order valence-corrected chi connectivity index (χ1v) is 3.52. The molecule has 0 fully saturated rings. The summed E-state index contributed by atoms with van der Waals surface area (Å²) < 4.78 is 67.4. The highest BCUT2D eigenvalue weighted by Gasteiger charge is 2.04. The van der Waals surface area contributed by atoms with Gasteiger partial charge in [0.15, 0.2) is 0 Å². The first kappa shape index (κ1) is 2.52. The van der Waals surface area contributed by atoms with Gasteiger partial charge in [0.2, 0.25) is 0 Å². The summed E-state index contributed by atoms with van der Waals surface area (Å²) in [6, 6.07) is 0. The molecule has 0 aliphatic heterocycles. The molecule has 1 aromatic heterocycles. The van der Waals surface area contributed by atoms with Crippen molar-refractivity contribution in [2.45, 2.75) is 26.0 Å². The first-order valence-electron chi connectivity index (χ1n) is 7.23. The van der Waals surface area contributed by atoms with Crippen LogP contribution >= 0.6 is 15.9 Å². The topological polar surface area (TPSA) is 25.8 Å². The van der Waals surface area contributed by atoms with Crippen LogP contribution < -0.4 is 0 Å².